The number of benzene rings is 1. The Morgan fingerprint density at radius 1 is 1.35 bits per heavy atom. The van der Waals surface area contributed by atoms with Gasteiger partial charge >= 0.3 is 0 Å². The standard InChI is InChI=1S/C17H24BrNO/c1-2-20-14-5-6-15(16(18)10-14)17(19)9-13-8-11-3-4-12(13)7-11/h5-6,10-13,17H,2-4,7-9,19H2,1H3. The Morgan fingerprint density at radius 3 is 2.80 bits per heavy atom. The van der Waals surface area contributed by atoms with Crippen molar-refractivity contribution in [3.63, 3.8) is 0 Å². The highest BCUT2D eigenvalue weighted by Crippen LogP contribution is 2.51. The van der Waals surface area contributed by atoms with Gasteiger partial charge in [-0.3, -0.25) is 0 Å². The van der Waals surface area contributed by atoms with Gasteiger partial charge in [0.25, 0.3) is 0 Å². The van der Waals surface area contributed by atoms with E-state index in [0.29, 0.717) is 6.61 Å². The topological polar surface area (TPSA) is 35.2 Å². The van der Waals surface area contributed by atoms with E-state index in [1.54, 1.807) is 0 Å². The molecule has 2 saturated carbocycles. The largest absolute Gasteiger partial charge is 0.494 e. The van der Waals surface area contributed by atoms with Crippen molar-refractivity contribution in [3.05, 3.63) is 28.2 Å². The fourth-order valence-corrected chi connectivity index (χ4v) is 4.84. The normalized spacial score (nSPS) is 29.6. The van der Waals surface area contributed by atoms with E-state index in [9.17, 15) is 0 Å². The SMILES string of the molecule is CCOc1ccc(C(N)CC2CC3CCC2C3)c(Br)c1. The summed E-state index contributed by atoms with van der Waals surface area (Å²) in [5.74, 6) is 3.71. The second kappa shape index (κ2) is 6.07. The molecule has 20 heavy (non-hydrogen) atoms. The van der Waals surface area contributed by atoms with Gasteiger partial charge in [0.15, 0.2) is 0 Å². The highest BCUT2D eigenvalue weighted by molar-refractivity contribution is 9.10. The molecule has 0 saturated heterocycles. The van der Waals surface area contributed by atoms with E-state index in [4.69, 9.17) is 10.5 Å². The van der Waals surface area contributed by atoms with Crippen molar-refractivity contribution in [2.24, 2.45) is 23.5 Å². The Bertz CT molecular complexity index is 476. The van der Waals surface area contributed by atoms with Crippen LogP contribution >= 0.6 is 15.9 Å². The fraction of sp³-hybridized carbons (Fsp3) is 0.647. The quantitative estimate of drug-likeness (QED) is 0.846. The average molecular weight is 338 g/mol. The molecule has 0 radical (unpaired) electrons. The second-order valence-corrected chi connectivity index (χ2v) is 7.25. The van der Waals surface area contributed by atoms with Gasteiger partial charge in [-0.25, -0.2) is 0 Å². The molecule has 2 bridgehead atoms. The van der Waals surface area contributed by atoms with E-state index in [-0.39, 0.29) is 6.04 Å². The molecule has 3 rings (SSSR count). The second-order valence-electron chi connectivity index (χ2n) is 6.39. The minimum atomic E-state index is 0.143. The minimum absolute atomic E-state index is 0.143. The lowest BCUT2D eigenvalue weighted by Gasteiger charge is -2.25. The molecule has 2 aliphatic rings. The first-order chi connectivity index (χ1) is 9.67. The molecule has 0 heterocycles. The van der Waals surface area contributed by atoms with Crippen LogP contribution in [0.1, 0.15) is 50.6 Å². The Balaban J connectivity index is 1.66. The summed E-state index contributed by atoms with van der Waals surface area (Å²) in [5, 5.41) is 0. The third-order valence-corrected chi connectivity index (χ3v) is 5.81. The van der Waals surface area contributed by atoms with Crippen LogP contribution < -0.4 is 10.5 Å². The first kappa shape index (κ1) is 14.4. The molecule has 110 valence electrons. The molecule has 1 aromatic rings. The van der Waals surface area contributed by atoms with Crippen molar-refractivity contribution < 1.29 is 4.74 Å². The number of halogens is 1. The van der Waals surface area contributed by atoms with Gasteiger partial charge in [0.2, 0.25) is 0 Å². The number of hydrogen-bond donors (Lipinski definition) is 1. The van der Waals surface area contributed by atoms with Gasteiger partial charge < -0.3 is 10.5 Å². The molecule has 0 aromatic heterocycles. The first-order valence-electron chi connectivity index (χ1n) is 7.85. The van der Waals surface area contributed by atoms with Crippen LogP contribution in [-0.4, -0.2) is 6.61 Å². The molecule has 2 fully saturated rings. The maximum Gasteiger partial charge on any atom is 0.120 e. The summed E-state index contributed by atoms with van der Waals surface area (Å²) in [6.45, 7) is 2.70. The van der Waals surface area contributed by atoms with Crippen LogP contribution in [0, 0.1) is 17.8 Å². The van der Waals surface area contributed by atoms with Crippen LogP contribution in [0.25, 0.3) is 0 Å². The lowest BCUT2D eigenvalue weighted by Crippen LogP contribution is -2.19. The molecule has 0 amide bonds. The lowest BCUT2D eigenvalue weighted by molar-refractivity contribution is 0.295. The molecule has 1 aromatic carbocycles. The molecular weight excluding hydrogens is 314 g/mol. The number of nitrogens with two attached hydrogens (primary N) is 1. The summed E-state index contributed by atoms with van der Waals surface area (Å²) in [5.41, 5.74) is 7.68. The van der Waals surface area contributed by atoms with Crippen molar-refractivity contribution in [1.82, 2.24) is 0 Å². The maximum absolute atomic E-state index is 6.46. The summed E-state index contributed by atoms with van der Waals surface area (Å²) < 4.78 is 6.61. The van der Waals surface area contributed by atoms with E-state index in [0.717, 1.165) is 34.4 Å². The van der Waals surface area contributed by atoms with Crippen LogP contribution in [0.2, 0.25) is 0 Å². The summed E-state index contributed by atoms with van der Waals surface area (Å²) in [6, 6.07) is 6.33. The summed E-state index contributed by atoms with van der Waals surface area (Å²) in [7, 11) is 0. The first-order valence-corrected chi connectivity index (χ1v) is 8.64. The molecule has 2 nitrogen and oxygen atoms in total. The van der Waals surface area contributed by atoms with Crippen molar-refractivity contribution in [1.29, 1.82) is 0 Å². The van der Waals surface area contributed by atoms with E-state index < -0.39 is 0 Å². The third kappa shape index (κ3) is 2.89. The molecule has 2 aliphatic carbocycles. The molecule has 3 heteroatoms. The fourth-order valence-electron chi connectivity index (χ4n) is 4.18. The molecule has 0 aliphatic heterocycles. The number of fused-ring (bicyclic) bond motifs is 2. The van der Waals surface area contributed by atoms with Crippen LogP contribution in [0.5, 0.6) is 5.75 Å². The van der Waals surface area contributed by atoms with Gasteiger partial charge in [-0.1, -0.05) is 28.4 Å². The Morgan fingerprint density at radius 2 is 2.20 bits per heavy atom. The van der Waals surface area contributed by atoms with Gasteiger partial charge in [0.1, 0.15) is 5.75 Å². The van der Waals surface area contributed by atoms with Crippen molar-refractivity contribution in [3.8, 4) is 5.75 Å². The zero-order valence-electron chi connectivity index (χ0n) is 12.1. The Hall–Kier alpha value is -0.540. The average Bonchev–Trinajstić information content (AvgIpc) is 3.01. The molecule has 4 atom stereocenters. The molecular formula is C17H24BrNO. The third-order valence-electron chi connectivity index (χ3n) is 5.12. The van der Waals surface area contributed by atoms with Gasteiger partial charge in [-0.2, -0.15) is 0 Å². The van der Waals surface area contributed by atoms with Crippen LogP contribution in [0.4, 0.5) is 0 Å². The van der Waals surface area contributed by atoms with Gasteiger partial charge in [0, 0.05) is 10.5 Å². The number of hydrogen-bond acceptors (Lipinski definition) is 2. The van der Waals surface area contributed by atoms with E-state index >= 15 is 0 Å². The van der Waals surface area contributed by atoms with E-state index in [1.807, 2.05) is 19.1 Å². The van der Waals surface area contributed by atoms with Crippen LogP contribution in [0.3, 0.4) is 0 Å². The van der Waals surface area contributed by atoms with Crippen molar-refractivity contribution in [2.45, 2.75) is 45.1 Å². The maximum atomic E-state index is 6.46. The Labute approximate surface area is 130 Å². The predicted molar refractivity (Wildman–Crippen MR) is 85.8 cm³/mol. The highest BCUT2D eigenvalue weighted by atomic mass is 79.9. The predicted octanol–water partition coefficient (Wildman–Crippen LogP) is 4.67. The highest BCUT2D eigenvalue weighted by Gasteiger charge is 2.39. The van der Waals surface area contributed by atoms with Crippen LogP contribution in [0.15, 0.2) is 22.7 Å². The summed E-state index contributed by atoms with van der Waals surface area (Å²) in [4.78, 5) is 0. The molecule has 0 spiro atoms. The van der Waals surface area contributed by atoms with Crippen molar-refractivity contribution >= 4 is 15.9 Å². The molecule has 4 unspecified atom stereocenters. The monoisotopic (exact) mass is 337 g/mol. The van der Waals surface area contributed by atoms with Gasteiger partial charge in [-0.05, 0) is 68.1 Å². The number of rotatable bonds is 5. The smallest absolute Gasteiger partial charge is 0.120 e. The van der Waals surface area contributed by atoms with E-state index in [2.05, 4.69) is 22.0 Å². The zero-order valence-corrected chi connectivity index (χ0v) is 13.7. The molecule has 2 N–H and O–H groups in total. The van der Waals surface area contributed by atoms with Gasteiger partial charge in [0.05, 0.1) is 6.61 Å². The Kier molecular flexibility index (Phi) is 4.37. The zero-order chi connectivity index (χ0) is 14.1. The van der Waals surface area contributed by atoms with E-state index in [1.165, 1.54) is 31.2 Å². The summed E-state index contributed by atoms with van der Waals surface area (Å²) >= 11 is 3.65. The minimum Gasteiger partial charge on any atom is -0.494 e. The lowest BCUT2D eigenvalue weighted by atomic mass is 9.83. The summed E-state index contributed by atoms with van der Waals surface area (Å²) in [6.07, 6.45) is 6.90. The van der Waals surface area contributed by atoms with Crippen molar-refractivity contribution in [2.75, 3.05) is 6.61 Å². The van der Waals surface area contributed by atoms with Gasteiger partial charge in [-0.15, -0.1) is 0 Å². The van der Waals surface area contributed by atoms with Crippen LogP contribution in [-0.2, 0) is 0 Å². The number of ether oxygens (including phenoxy) is 1.